The Hall–Kier alpha value is -2.55. The minimum Gasteiger partial charge on any atom is -0.350 e. The number of aryl methyl sites for hydroxylation is 1. The van der Waals surface area contributed by atoms with E-state index in [4.69, 9.17) is 0 Å². The molecule has 0 radical (unpaired) electrons. The Labute approximate surface area is 157 Å². The zero-order chi connectivity index (χ0) is 19.6. The summed E-state index contributed by atoms with van der Waals surface area (Å²) in [6.07, 6.45) is 0.424. The van der Waals surface area contributed by atoms with E-state index in [1.807, 2.05) is 0 Å². The first-order valence-corrected chi connectivity index (χ1v) is 10.4. The van der Waals surface area contributed by atoms with Crippen molar-refractivity contribution < 1.29 is 17.6 Å². The molecule has 0 spiro atoms. The Morgan fingerprint density at radius 1 is 1.33 bits per heavy atom. The summed E-state index contributed by atoms with van der Waals surface area (Å²) < 4.78 is 37.0. The van der Waals surface area contributed by atoms with E-state index in [9.17, 15) is 17.6 Å². The Bertz CT molecular complexity index is 965. The monoisotopic (exact) mass is 392 g/mol. The first-order valence-electron chi connectivity index (χ1n) is 8.56. The number of carbonyl (C=O) groups excluding carboxylic acids is 1. The molecule has 1 aromatic heterocycles. The molecule has 1 amide bonds. The standard InChI is InChI=1S/C18H21FN4O3S/c1-12-9-16(17(24)23(2)14-7-8-27(25,26)11-14)22-18(21-12)20-10-13-5-3-4-6-15(13)19/h3-6,9,14H,7-8,10-11H2,1-2H3,(H,20,21,22). The molecule has 1 aromatic carbocycles. The van der Waals surface area contributed by atoms with E-state index in [1.54, 1.807) is 38.2 Å². The molecule has 1 N–H and O–H groups in total. The topological polar surface area (TPSA) is 92.3 Å². The number of rotatable bonds is 5. The molecule has 144 valence electrons. The van der Waals surface area contributed by atoms with Crippen LogP contribution in [-0.2, 0) is 16.4 Å². The van der Waals surface area contributed by atoms with Gasteiger partial charge in [0.25, 0.3) is 5.91 Å². The van der Waals surface area contributed by atoms with E-state index < -0.39 is 9.84 Å². The first kappa shape index (κ1) is 19.2. The van der Waals surface area contributed by atoms with Gasteiger partial charge >= 0.3 is 0 Å². The summed E-state index contributed by atoms with van der Waals surface area (Å²) in [6.45, 7) is 1.91. The predicted molar refractivity (Wildman–Crippen MR) is 99.6 cm³/mol. The number of hydrogen-bond donors (Lipinski definition) is 1. The van der Waals surface area contributed by atoms with E-state index in [1.165, 1.54) is 11.0 Å². The Kier molecular flexibility index (Phi) is 5.41. The van der Waals surface area contributed by atoms with Gasteiger partial charge < -0.3 is 10.2 Å². The van der Waals surface area contributed by atoms with Gasteiger partial charge in [0.05, 0.1) is 11.5 Å². The average molecular weight is 392 g/mol. The van der Waals surface area contributed by atoms with E-state index in [0.29, 0.717) is 17.7 Å². The Morgan fingerprint density at radius 3 is 2.74 bits per heavy atom. The van der Waals surface area contributed by atoms with Crippen molar-refractivity contribution in [3.8, 4) is 0 Å². The predicted octanol–water partition coefficient (Wildman–Crippen LogP) is 1.80. The normalized spacial score (nSPS) is 18.3. The smallest absolute Gasteiger partial charge is 0.272 e. The Balaban J connectivity index is 1.74. The molecule has 0 aliphatic carbocycles. The van der Waals surface area contributed by atoms with Crippen LogP contribution >= 0.6 is 0 Å². The largest absolute Gasteiger partial charge is 0.350 e. The highest BCUT2D eigenvalue weighted by Gasteiger charge is 2.33. The number of anilines is 1. The second kappa shape index (κ2) is 7.59. The lowest BCUT2D eigenvalue weighted by Crippen LogP contribution is -2.38. The fourth-order valence-corrected chi connectivity index (χ4v) is 4.77. The van der Waals surface area contributed by atoms with Gasteiger partial charge in [-0.25, -0.2) is 22.8 Å². The number of halogens is 1. The number of hydrogen-bond acceptors (Lipinski definition) is 6. The number of sulfone groups is 1. The molecule has 9 heteroatoms. The maximum Gasteiger partial charge on any atom is 0.272 e. The molecule has 1 fully saturated rings. The molecule has 1 unspecified atom stereocenters. The fourth-order valence-electron chi connectivity index (χ4n) is 3.00. The van der Waals surface area contributed by atoms with Crippen molar-refractivity contribution in [2.75, 3.05) is 23.9 Å². The summed E-state index contributed by atoms with van der Waals surface area (Å²) in [4.78, 5) is 22.6. The third kappa shape index (κ3) is 4.60. The third-order valence-electron chi connectivity index (χ3n) is 4.54. The molecule has 1 aliphatic rings. The molecule has 1 aliphatic heterocycles. The molecule has 1 saturated heterocycles. The van der Waals surface area contributed by atoms with E-state index in [0.717, 1.165) is 0 Å². The van der Waals surface area contributed by atoms with Crippen LogP contribution in [0.15, 0.2) is 30.3 Å². The first-order chi connectivity index (χ1) is 12.7. The summed E-state index contributed by atoms with van der Waals surface area (Å²) in [6, 6.07) is 7.56. The zero-order valence-electron chi connectivity index (χ0n) is 15.1. The average Bonchev–Trinajstić information content (AvgIpc) is 2.99. The summed E-state index contributed by atoms with van der Waals surface area (Å²) >= 11 is 0. The van der Waals surface area contributed by atoms with Gasteiger partial charge in [0, 0.05) is 30.9 Å². The number of benzene rings is 1. The Morgan fingerprint density at radius 2 is 2.07 bits per heavy atom. The molecule has 2 aromatic rings. The van der Waals surface area contributed by atoms with E-state index in [-0.39, 0.29) is 47.5 Å². The molecule has 27 heavy (non-hydrogen) atoms. The van der Waals surface area contributed by atoms with Gasteiger partial charge in [-0.15, -0.1) is 0 Å². The van der Waals surface area contributed by atoms with E-state index in [2.05, 4.69) is 15.3 Å². The lowest BCUT2D eigenvalue weighted by atomic mass is 10.2. The minimum absolute atomic E-state index is 0.0301. The number of carbonyl (C=O) groups is 1. The molecular weight excluding hydrogens is 371 g/mol. The van der Waals surface area contributed by atoms with Crippen molar-refractivity contribution in [3.05, 3.63) is 53.1 Å². The van der Waals surface area contributed by atoms with Crippen LogP contribution in [0.4, 0.5) is 10.3 Å². The van der Waals surface area contributed by atoms with Gasteiger partial charge in [-0.3, -0.25) is 4.79 Å². The lowest BCUT2D eigenvalue weighted by Gasteiger charge is -2.23. The maximum atomic E-state index is 13.7. The van der Waals surface area contributed by atoms with Gasteiger partial charge in [-0.2, -0.15) is 0 Å². The highest BCUT2D eigenvalue weighted by Crippen LogP contribution is 2.19. The van der Waals surface area contributed by atoms with Crippen LogP contribution in [-0.4, -0.2) is 53.8 Å². The van der Waals surface area contributed by atoms with Gasteiger partial charge in [-0.1, -0.05) is 18.2 Å². The van der Waals surface area contributed by atoms with Gasteiger partial charge in [0.15, 0.2) is 9.84 Å². The molecule has 0 saturated carbocycles. The van der Waals surface area contributed by atoms with Gasteiger partial charge in [0.1, 0.15) is 11.5 Å². The van der Waals surface area contributed by atoms with Crippen molar-refractivity contribution in [1.82, 2.24) is 14.9 Å². The molecule has 2 heterocycles. The molecule has 1 atom stereocenters. The maximum absolute atomic E-state index is 13.7. The SMILES string of the molecule is Cc1cc(C(=O)N(C)C2CCS(=O)(=O)C2)nc(NCc2ccccc2F)n1. The fraction of sp³-hybridized carbons (Fsp3) is 0.389. The second-order valence-corrected chi connectivity index (χ2v) is 8.86. The summed E-state index contributed by atoms with van der Waals surface area (Å²) in [5.41, 5.74) is 1.21. The zero-order valence-corrected chi connectivity index (χ0v) is 16.0. The van der Waals surface area contributed by atoms with Crippen LogP contribution in [0.25, 0.3) is 0 Å². The summed E-state index contributed by atoms with van der Waals surface area (Å²) in [5.74, 6) is -0.424. The van der Waals surface area contributed by atoms with Gasteiger partial charge in [-0.05, 0) is 25.5 Å². The minimum atomic E-state index is -3.09. The highest BCUT2D eigenvalue weighted by atomic mass is 32.2. The van der Waals surface area contributed by atoms with Crippen molar-refractivity contribution in [2.45, 2.75) is 25.9 Å². The van der Waals surface area contributed by atoms with Crippen molar-refractivity contribution >= 4 is 21.7 Å². The lowest BCUT2D eigenvalue weighted by molar-refractivity contribution is 0.0741. The number of nitrogens with one attached hydrogen (secondary N) is 1. The number of nitrogens with zero attached hydrogens (tertiary/aromatic N) is 3. The molecule has 0 bridgehead atoms. The highest BCUT2D eigenvalue weighted by molar-refractivity contribution is 7.91. The van der Waals surface area contributed by atoms with Crippen LogP contribution in [0.3, 0.4) is 0 Å². The molecule has 7 nitrogen and oxygen atoms in total. The molecule has 3 rings (SSSR count). The van der Waals surface area contributed by atoms with E-state index >= 15 is 0 Å². The molecular formula is C18H21FN4O3S. The van der Waals surface area contributed by atoms with Crippen LogP contribution in [0.2, 0.25) is 0 Å². The number of aromatic nitrogens is 2. The van der Waals surface area contributed by atoms with Crippen LogP contribution in [0.1, 0.15) is 28.2 Å². The van der Waals surface area contributed by atoms with Crippen LogP contribution < -0.4 is 5.32 Å². The second-order valence-electron chi connectivity index (χ2n) is 6.64. The van der Waals surface area contributed by atoms with Crippen molar-refractivity contribution in [1.29, 1.82) is 0 Å². The van der Waals surface area contributed by atoms with Crippen molar-refractivity contribution in [3.63, 3.8) is 0 Å². The summed E-state index contributed by atoms with van der Waals surface area (Å²) in [5, 5.41) is 2.93. The van der Waals surface area contributed by atoms with Crippen molar-refractivity contribution in [2.24, 2.45) is 0 Å². The van der Waals surface area contributed by atoms with Crippen LogP contribution in [0, 0.1) is 12.7 Å². The van der Waals surface area contributed by atoms with Crippen LogP contribution in [0.5, 0.6) is 0 Å². The van der Waals surface area contributed by atoms with Gasteiger partial charge in [0.2, 0.25) is 5.95 Å². The number of amides is 1. The summed E-state index contributed by atoms with van der Waals surface area (Å²) in [7, 11) is -1.51. The quantitative estimate of drug-likeness (QED) is 0.834. The third-order valence-corrected chi connectivity index (χ3v) is 6.29.